The number of urea groups is 1. The molecule has 7 heteroatoms. The predicted molar refractivity (Wildman–Crippen MR) is 97.3 cm³/mol. The molecule has 2 amide bonds. The van der Waals surface area contributed by atoms with E-state index in [1.165, 1.54) is 5.56 Å². The third-order valence-corrected chi connectivity index (χ3v) is 4.35. The summed E-state index contributed by atoms with van der Waals surface area (Å²) in [5.41, 5.74) is 1.83. The number of carbonyl (C=O) groups excluding carboxylic acids is 1. The van der Waals surface area contributed by atoms with Crippen molar-refractivity contribution in [3.8, 4) is 11.5 Å². The van der Waals surface area contributed by atoms with Gasteiger partial charge in [-0.1, -0.05) is 0 Å². The average molecular weight is 349 g/mol. The zero-order valence-corrected chi connectivity index (χ0v) is 15.1. The van der Waals surface area contributed by atoms with Gasteiger partial charge in [-0.2, -0.15) is 11.3 Å². The second kappa shape index (κ2) is 8.56. The van der Waals surface area contributed by atoms with Crippen molar-refractivity contribution in [1.29, 1.82) is 0 Å². The minimum absolute atomic E-state index is 0.132. The van der Waals surface area contributed by atoms with Crippen molar-refractivity contribution < 1.29 is 14.3 Å². The number of nitrogens with one attached hydrogen (secondary N) is 2. The molecule has 0 radical (unpaired) electrons. The highest BCUT2D eigenvalue weighted by atomic mass is 32.1. The molecule has 2 N–H and O–H groups in total. The summed E-state index contributed by atoms with van der Waals surface area (Å²) in [4.78, 5) is 14.2. The molecule has 24 heavy (non-hydrogen) atoms. The number of hydrogen-bond acceptors (Lipinski definition) is 5. The second-order valence-electron chi connectivity index (χ2n) is 5.44. The first-order chi connectivity index (χ1) is 11.5. The van der Waals surface area contributed by atoms with Crippen LogP contribution in [0, 0.1) is 0 Å². The monoisotopic (exact) mass is 349 g/mol. The highest BCUT2D eigenvalue weighted by Gasteiger charge is 2.16. The number of rotatable bonds is 7. The lowest BCUT2D eigenvalue weighted by Gasteiger charge is -2.24. The van der Waals surface area contributed by atoms with Crippen LogP contribution >= 0.6 is 11.3 Å². The van der Waals surface area contributed by atoms with Gasteiger partial charge >= 0.3 is 6.03 Å². The Morgan fingerprint density at radius 2 is 1.96 bits per heavy atom. The zero-order valence-electron chi connectivity index (χ0n) is 14.3. The van der Waals surface area contributed by atoms with E-state index in [1.807, 2.05) is 19.5 Å². The molecule has 1 aromatic carbocycles. The Bertz CT molecular complexity index is 659. The molecule has 0 aliphatic rings. The Balaban J connectivity index is 1.95. The van der Waals surface area contributed by atoms with Crippen LogP contribution in [0.3, 0.4) is 0 Å². The van der Waals surface area contributed by atoms with Crippen molar-refractivity contribution in [2.24, 2.45) is 0 Å². The molecule has 1 unspecified atom stereocenters. The summed E-state index contributed by atoms with van der Waals surface area (Å²) in [7, 11) is 7.13. The van der Waals surface area contributed by atoms with Crippen molar-refractivity contribution in [3.63, 3.8) is 0 Å². The Hall–Kier alpha value is -2.25. The highest BCUT2D eigenvalue weighted by Crippen LogP contribution is 2.29. The topological polar surface area (TPSA) is 62.8 Å². The molecule has 0 aliphatic heterocycles. The molecule has 0 saturated heterocycles. The van der Waals surface area contributed by atoms with Crippen molar-refractivity contribution in [2.45, 2.75) is 6.04 Å². The first-order valence-electron chi connectivity index (χ1n) is 7.50. The fourth-order valence-electron chi connectivity index (χ4n) is 2.34. The zero-order chi connectivity index (χ0) is 17.5. The minimum Gasteiger partial charge on any atom is -0.493 e. The fraction of sp³-hybridized carbons (Fsp3) is 0.353. The number of thiophene rings is 1. The number of methoxy groups -OCH3 is 2. The Morgan fingerprint density at radius 1 is 1.21 bits per heavy atom. The molecule has 0 spiro atoms. The van der Waals surface area contributed by atoms with Gasteiger partial charge in [0.1, 0.15) is 0 Å². The molecule has 6 nitrogen and oxygen atoms in total. The van der Waals surface area contributed by atoms with Crippen LogP contribution in [-0.2, 0) is 0 Å². The molecule has 0 aliphatic carbocycles. The maximum Gasteiger partial charge on any atom is 0.319 e. The molecular formula is C17H23N3O3S. The van der Waals surface area contributed by atoms with Crippen LogP contribution in [0.5, 0.6) is 11.5 Å². The van der Waals surface area contributed by atoms with Crippen molar-refractivity contribution >= 4 is 23.1 Å². The van der Waals surface area contributed by atoms with Gasteiger partial charge in [-0.25, -0.2) is 4.79 Å². The largest absolute Gasteiger partial charge is 0.493 e. The number of hydrogen-bond donors (Lipinski definition) is 2. The number of carbonyl (C=O) groups is 1. The molecule has 130 valence electrons. The van der Waals surface area contributed by atoms with Crippen molar-refractivity contribution in [3.05, 3.63) is 40.6 Å². The van der Waals surface area contributed by atoms with Crippen LogP contribution in [0.2, 0.25) is 0 Å². The van der Waals surface area contributed by atoms with Gasteiger partial charge in [0, 0.05) is 18.3 Å². The van der Waals surface area contributed by atoms with Gasteiger partial charge in [-0.15, -0.1) is 0 Å². The maximum absolute atomic E-state index is 12.2. The van der Waals surface area contributed by atoms with E-state index in [0.29, 0.717) is 23.7 Å². The summed E-state index contributed by atoms with van der Waals surface area (Å²) in [6.07, 6.45) is 0. The van der Waals surface area contributed by atoms with E-state index in [0.717, 1.165) is 0 Å². The van der Waals surface area contributed by atoms with Crippen LogP contribution in [-0.4, -0.2) is 45.8 Å². The summed E-state index contributed by atoms with van der Waals surface area (Å²) >= 11 is 1.65. The van der Waals surface area contributed by atoms with Crippen LogP contribution in [0.4, 0.5) is 10.5 Å². The molecule has 0 saturated carbocycles. The summed E-state index contributed by atoms with van der Waals surface area (Å²) in [5.74, 6) is 1.19. The molecule has 2 aromatic rings. The Kier molecular flexibility index (Phi) is 6.45. The minimum atomic E-state index is -0.260. The third kappa shape index (κ3) is 4.62. The summed E-state index contributed by atoms with van der Waals surface area (Å²) in [5, 5.41) is 9.85. The standard InChI is InChI=1S/C17H23N3O3S/c1-20(2)14(12-7-8-24-11-12)10-18-17(21)19-13-5-6-15(22-3)16(9-13)23-4/h5-9,11,14H,10H2,1-4H3,(H2,18,19,21). The van der Waals surface area contributed by atoms with Crippen LogP contribution in [0.15, 0.2) is 35.0 Å². The Labute approximate surface area is 146 Å². The second-order valence-corrected chi connectivity index (χ2v) is 6.22. The van der Waals surface area contributed by atoms with Crippen molar-refractivity contribution in [2.75, 3.05) is 40.2 Å². The third-order valence-electron chi connectivity index (χ3n) is 3.65. The van der Waals surface area contributed by atoms with E-state index in [9.17, 15) is 4.79 Å². The molecule has 0 bridgehead atoms. The molecule has 1 atom stereocenters. The number of anilines is 1. The van der Waals surface area contributed by atoms with Gasteiger partial charge in [0.25, 0.3) is 0 Å². The molecular weight excluding hydrogens is 326 g/mol. The molecule has 1 aromatic heterocycles. The van der Waals surface area contributed by atoms with Gasteiger partial charge in [-0.3, -0.25) is 0 Å². The lowest BCUT2D eigenvalue weighted by molar-refractivity contribution is 0.243. The normalized spacial score (nSPS) is 11.9. The van der Waals surface area contributed by atoms with Crippen LogP contribution < -0.4 is 20.1 Å². The van der Waals surface area contributed by atoms with Crippen LogP contribution in [0.25, 0.3) is 0 Å². The van der Waals surface area contributed by atoms with Gasteiger partial charge < -0.3 is 25.0 Å². The molecule has 1 heterocycles. The van der Waals surface area contributed by atoms with E-state index >= 15 is 0 Å². The van der Waals surface area contributed by atoms with Gasteiger partial charge in [0.15, 0.2) is 11.5 Å². The molecule has 0 fully saturated rings. The molecule has 2 rings (SSSR count). The fourth-order valence-corrected chi connectivity index (χ4v) is 3.05. The summed E-state index contributed by atoms with van der Waals surface area (Å²) < 4.78 is 10.4. The number of ether oxygens (including phenoxy) is 2. The number of nitrogens with zero attached hydrogens (tertiary/aromatic N) is 1. The van der Waals surface area contributed by atoms with Gasteiger partial charge in [0.2, 0.25) is 0 Å². The van der Waals surface area contributed by atoms with E-state index in [1.54, 1.807) is 43.8 Å². The average Bonchev–Trinajstić information content (AvgIpc) is 3.08. The smallest absolute Gasteiger partial charge is 0.319 e. The van der Waals surface area contributed by atoms with E-state index in [2.05, 4.69) is 27.0 Å². The van der Waals surface area contributed by atoms with Gasteiger partial charge in [-0.05, 0) is 48.6 Å². The van der Waals surface area contributed by atoms with E-state index < -0.39 is 0 Å². The lowest BCUT2D eigenvalue weighted by atomic mass is 10.1. The number of amides is 2. The highest BCUT2D eigenvalue weighted by molar-refractivity contribution is 7.07. The van der Waals surface area contributed by atoms with E-state index in [-0.39, 0.29) is 12.1 Å². The van der Waals surface area contributed by atoms with Crippen LogP contribution in [0.1, 0.15) is 11.6 Å². The number of benzene rings is 1. The predicted octanol–water partition coefficient (Wildman–Crippen LogP) is 3.19. The van der Waals surface area contributed by atoms with Crippen molar-refractivity contribution in [1.82, 2.24) is 10.2 Å². The number of likely N-dealkylation sites (N-methyl/N-ethyl adjacent to an activating group) is 1. The van der Waals surface area contributed by atoms with Gasteiger partial charge in [0.05, 0.1) is 20.3 Å². The van der Waals surface area contributed by atoms with E-state index in [4.69, 9.17) is 9.47 Å². The summed E-state index contributed by atoms with van der Waals surface area (Å²) in [6, 6.07) is 7.19. The quantitative estimate of drug-likeness (QED) is 0.806. The maximum atomic E-state index is 12.2. The lowest BCUT2D eigenvalue weighted by Crippen LogP contribution is -2.36. The Morgan fingerprint density at radius 3 is 2.54 bits per heavy atom. The SMILES string of the molecule is COc1ccc(NC(=O)NCC(c2ccsc2)N(C)C)cc1OC. The first kappa shape index (κ1) is 18.1. The first-order valence-corrected chi connectivity index (χ1v) is 8.44. The summed E-state index contributed by atoms with van der Waals surface area (Å²) in [6.45, 7) is 0.517.